The SMILES string of the molecule is CCC1(C)CN(c2ccc(F)cc2Cl)C(C)CN1. The first-order valence-corrected chi connectivity index (χ1v) is 6.80. The minimum Gasteiger partial charge on any atom is -0.365 e. The Morgan fingerprint density at radius 3 is 2.89 bits per heavy atom. The summed E-state index contributed by atoms with van der Waals surface area (Å²) in [7, 11) is 0. The Hall–Kier alpha value is -0.800. The summed E-state index contributed by atoms with van der Waals surface area (Å²) in [6.45, 7) is 8.34. The molecule has 2 rings (SSSR count). The molecule has 1 aliphatic heterocycles. The van der Waals surface area contributed by atoms with E-state index in [1.807, 2.05) is 0 Å². The number of nitrogens with one attached hydrogen (secondary N) is 1. The fourth-order valence-electron chi connectivity index (χ4n) is 2.37. The van der Waals surface area contributed by atoms with Crippen LogP contribution in [-0.4, -0.2) is 24.7 Å². The molecule has 1 aromatic rings. The molecule has 2 unspecified atom stereocenters. The van der Waals surface area contributed by atoms with Gasteiger partial charge in [0, 0.05) is 24.7 Å². The van der Waals surface area contributed by atoms with Crippen LogP contribution in [0.5, 0.6) is 0 Å². The molecule has 1 aliphatic rings. The van der Waals surface area contributed by atoms with Gasteiger partial charge in [-0.2, -0.15) is 0 Å². The van der Waals surface area contributed by atoms with Gasteiger partial charge in [0.2, 0.25) is 0 Å². The number of anilines is 1. The highest BCUT2D eigenvalue weighted by Crippen LogP contribution is 2.31. The van der Waals surface area contributed by atoms with Crippen molar-refractivity contribution in [1.82, 2.24) is 5.32 Å². The Morgan fingerprint density at radius 2 is 2.28 bits per heavy atom. The lowest BCUT2D eigenvalue weighted by atomic mass is 9.93. The van der Waals surface area contributed by atoms with Crippen LogP contribution in [0, 0.1) is 5.82 Å². The van der Waals surface area contributed by atoms with E-state index in [0.717, 1.165) is 25.2 Å². The van der Waals surface area contributed by atoms with E-state index >= 15 is 0 Å². The van der Waals surface area contributed by atoms with E-state index in [1.54, 1.807) is 6.07 Å². The quantitative estimate of drug-likeness (QED) is 0.886. The lowest BCUT2D eigenvalue weighted by molar-refractivity contribution is 0.285. The average Bonchev–Trinajstić information content (AvgIpc) is 2.33. The summed E-state index contributed by atoms with van der Waals surface area (Å²) in [5.41, 5.74) is 1.01. The van der Waals surface area contributed by atoms with E-state index in [1.165, 1.54) is 12.1 Å². The van der Waals surface area contributed by atoms with Crippen molar-refractivity contribution < 1.29 is 4.39 Å². The second kappa shape index (κ2) is 5.06. The summed E-state index contributed by atoms with van der Waals surface area (Å²) < 4.78 is 13.1. The van der Waals surface area contributed by atoms with Gasteiger partial charge in [-0.25, -0.2) is 4.39 Å². The largest absolute Gasteiger partial charge is 0.365 e. The van der Waals surface area contributed by atoms with Crippen molar-refractivity contribution in [2.45, 2.75) is 38.8 Å². The predicted octanol–water partition coefficient (Wildman–Crippen LogP) is 3.45. The van der Waals surface area contributed by atoms with Gasteiger partial charge in [-0.1, -0.05) is 18.5 Å². The molecule has 1 N–H and O–H groups in total. The zero-order valence-electron chi connectivity index (χ0n) is 11.1. The molecule has 1 aromatic carbocycles. The van der Waals surface area contributed by atoms with Gasteiger partial charge in [-0.05, 0) is 38.5 Å². The summed E-state index contributed by atoms with van der Waals surface area (Å²) in [5.74, 6) is -0.287. The summed E-state index contributed by atoms with van der Waals surface area (Å²) in [5, 5.41) is 4.05. The number of halogens is 2. The molecule has 1 fully saturated rings. The van der Waals surface area contributed by atoms with Crippen molar-refractivity contribution in [2.24, 2.45) is 0 Å². The van der Waals surface area contributed by atoms with Crippen molar-refractivity contribution in [3.05, 3.63) is 29.0 Å². The summed E-state index contributed by atoms with van der Waals surface area (Å²) in [4.78, 5) is 2.27. The Morgan fingerprint density at radius 1 is 1.56 bits per heavy atom. The van der Waals surface area contributed by atoms with Gasteiger partial charge < -0.3 is 10.2 Å². The summed E-state index contributed by atoms with van der Waals surface area (Å²) in [6, 6.07) is 4.98. The molecule has 18 heavy (non-hydrogen) atoms. The van der Waals surface area contributed by atoms with Gasteiger partial charge in [0.25, 0.3) is 0 Å². The minimum absolute atomic E-state index is 0.0875. The third-order valence-corrected chi connectivity index (χ3v) is 4.18. The van der Waals surface area contributed by atoms with Gasteiger partial charge in [0.05, 0.1) is 10.7 Å². The molecule has 1 saturated heterocycles. The highest BCUT2D eigenvalue weighted by molar-refractivity contribution is 6.33. The number of benzene rings is 1. The smallest absolute Gasteiger partial charge is 0.124 e. The van der Waals surface area contributed by atoms with Crippen LogP contribution in [-0.2, 0) is 0 Å². The van der Waals surface area contributed by atoms with E-state index in [2.05, 4.69) is 31.0 Å². The highest BCUT2D eigenvalue weighted by atomic mass is 35.5. The van der Waals surface area contributed by atoms with E-state index < -0.39 is 0 Å². The van der Waals surface area contributed by atoms with Crippen LogP contribution in [0.3, 0.4) is 0 Å². The topological polar surface area (TPSA) is 15.3 Å². The van der Waals surface area contributed by atoms with Crippen molar-refractivity contribution >= 4 is 17.3 Å². The lowest BCUT2D eigenvalue weighted by Gasteiger charge is -2.46. The van der Waals surface area contributed by atoms with Crippen LogP contribution in [0.1, 0.15) is 27.2 Å². The first-order chi connectivity index (χ1) is 8.45. The standard InChI is InChI=1S/C14H20ClFN2/c1-4-14(3)9-18(10(2)8-17-14)13-6-5-11(16)7-12(13)15/h5-7,10,17H,4,8-9H2,1-3H3. The second-order valence-electron chi connectivity index (χ2n) is 5.37. The van der Waals surface area contributed by atoms with Crippen molar-refractivity contribution in [2.75, 3.05) is 18.0 Å². The van der Waals surface area contributed by atoms with Crippen LogP contribution in [0.4, 0.5) is 10.1 Å². The highest BCUT2D eigenvalue weighted by Gasteiger charge is 2.33. The van der Waals surface area contributed by atoms with Gasteiger partial charge in [0.1, 0.15) is 5.82 Å². The lowest BCUT2D eigenvalue weighted by Crippen LogP contribution is -2.62. The van der Waals surface area contributed by atoms with Crippen LogP contribution in [0.2, 0.25) is 5.02 Å². The number of rotatable bonds is 2. The molecule has 0 aromatic heterocycles. The first kappa shape index (κ1) is 13.6. The van der Waals surface area contributed by atoms with Gasteiger partial charge in [-0.3, -0.25) is 0 Å². The van der Waals surface area contributed by atoms with Crippen molar-refractivity contribution in [1.29, 1.82) is 0 Å². The van der Waals surface area contributed by atoms with Gasteiger partial charge in [-0.15, -0.1) is 0 Å². The maximum atomic E-state index is 13.1. The molecule has 0 spiro atoms. The van der Waals surface area contributed by atoms with Crippen molar-refractivity contribution in [3.63, 3.8) is 0 Å². The van der Waals surface area contributed by atoms with Crippen molar-refractivity contribution in [3.8, 4) is 0 Å². The third-order valence-electron chi connectivity index (χ3n) is 3.88. The molecule has 0 bridgehead atoms. The molecule has 4 heteroatoms. The average molecular weight is 271 g/mol. The molecule has 0 radical (unpaired) electrons. The van der Waals surface area contributed by atoms with E-state index in [4.69, 9.17) is 11.6 Å². The van der Waals surface area contributed by atoms with Gasteiger partial charge >= 0.3 is 0 Å². The number of nitrogens with zero attached hydrogens (tertiary/aromatic N) is 1. The molecule has 2 nitrogen and oxygen atoms in total. The Kier molecular flexibility index (Phi) is 3.83. The fourth-order valence-corrected chi connectivity index (χ4v) is 2.64. The minimum atomic E-state index is -0.287. The number of hydrogen-bond acceptors (Lipinski definition) is 2. The van der Waals surface area contributed by atoms with Crippen LogP contribution in [0.15, 0.2) is 18.2 Å². The number of hydrogen-bond donors (Lipinski definition) is 1. The Balaban J connectivity index is 2.30. The van der Waals surface area contributed by atoms with E-state index in [9.17, 15) is 4.39 Å². The molecular formula is C14H20ClFN2. The summed E-state index contributed by atoms with van der Waals surface area (Å²) in [6.07, 6.45) is 1.05. The Labute approximate surface area is 113 Å². The maximum Gasteiger partial charge on any atom is 0.124 e. The molecular weight excluding hydrogens is 251 g/mol. The second-order valence-corrected chi connectivity index (χ2v) is 5.77. The third kappa shape index (κ3) is 2.62. The van der Waals surface area contributed by atoms with E-state index in [-0.39, 0.29) is 11.4 Å². The molecule has 0 amide bonds. The molecule has 2 atom stereocenters. The molecule has 0 aliphatic carbocycles. The van der Waals surface area contributed by atoms with Crippen LogP contribution in [0.25, 0.3) is 0 Å². The Bertz CT molecular complexity index is 438. The zero-order valence-corrected chi connectivity index (χ0v) is 11.9. The molecule has 0 saturated carbocycles. The fraction of sp³-hybridized carbons (Fsp3) is 0.571. The first-order valence-electron chi connectivity index (χ1n) is 6.42. The summed E-state index contributed by atoms with van der Waals surface area (Å²) >= 11 is 6.16. The predicted molar refractivity (Wildman–Crippen MR) is 74.9 cm³/mol. The normalized spacial score (nSPS) is 28.5. The molecule has 1 heterocycles. The molecule has 100 valence electrons. The van der Waals surface area contributed by atoms with Gasteiger partial charge in [0.15, 0.2) is 0 Å². The van der Waals surface area contributed by atoms with Crippen LogP contribution >= 0.6 is 11.6 Å². The van der Waals surface area contributed by atoms with E-state index in [0.29, 0.717) is 11.1 Å². The van der Waals surface area contributed by atoms with Crippen LogP contribution < -0.4 is 10.2 Å². The maximum absolute atomic E-state index is 13.1. The zero-order chi connectivity index (χ0) is 13.3. The number of piperazine rings is 1. The monoisotopic (exact) mass is 270 g/mol.